The lowest BCUT2D eigenvalue weighted by Crippen LogP contribution is -2.13. The fourth-order valence-corrected chi connectivity index (χ4v) is 4.31. The molecule has 0 saturated carbocycles. The molecule has 4 rings (SSSR count). The highest BCUT2D eigenvalue weighted by Crippen LogP contribution is 2.30. The summed E-state index contributed by atoms with van der Waals surface area (Å²) in [6.07, 6.45) is 2.39. The van der Waals surface area contributed by atoms with Crippen LogP contribution in [0.3, 0.4) is 0 Å². The van der Waals surface area contributed by atoms with E-state index in [0.717, 1.165) is 39.0 Å². The summed E-state index contributed by atoms with van der Waals surface area (Å²) in [6, 6.07) is 8.96. The number of primary amides is 1. The maximum atomic E-state index is 11.6. The largest absolute Gasteiger partial charge is 0.491 e. The molecular formula is C22H21ClN4O2S. The molecule has 2 N–H and O–H groups in total. The number of benzene rings is 1. The van der Waals surface area contributed by atoms with Crippen molar-refractivity contribution in [1.29, 1.82) is 0 Å². The summed E-state index contributed by atoms with van der Waals surface area (Å²) < 4.78 is 7.87. The van der Waals surface area contributed by atoms with Crippen LogP contribution in [0.5, 0.6) is 5.75 Å². The summed E-state index contributed by atoms with van der Waals surface area (Å²) in [6.45, 7) is 5.89. The Morgan fingerprint density at radius 1 is 1.27 bits per heavy atom. The number of carbonyl (C=O) groups is 1. The number of amides is 1. The fourth-order valence-electron chi connectivity index (χ4n) is 3.35. The Morgan fingerprint density at radius 2 is 2.07 bits per heavy atom. The maximum absolute atomic E-state index is 11.6. The van der Waals surface area contributed by atoms with Gasteiger partial charge in [-0.2, -0.15) is 0 Å². The van der Waals surface area contributed by atoms with E-state index in [-0.39, 0.29) is 6.10 Å². The van der Waals surface area contributed by atoms with Gasteiger partial charge in [-0.05, 0) is 51.1 Å². The number of aromatic nitrogens is 3. The summed E-state index contributed by atoms with van der Waals surface area (Å²) in [4.78, 5) is 21.1. The van der Waals surface area contributed by atoms with Crippen molar-refractivity contribution >= 4 is 34.5 Å². The molecule has 0 aliphatic carbocycles. The Kier molecular flexibility index (Phi) is 5.49. The van der Waals surface area contributed by atoms with E-state index in [1.54, 1.807) is 29.5 Å². The number of hydrogen-bond donors (Lipinski definition) is 1. The van der Waals surface area contributed by atoms with Crippen molar-refractivity contribution in [1.82, 2.24) is 14.4 Å². The molecule has 154 valence electrons. The van der Waals surface area contributed by atoms with E-state index in [9.17, 15) is 4.79 Å². The van der Waals surface area contributed by atoms with Crippen LogP contribution in [0.1, 0.15) is 40.5 Å². The number of hydrogen-bond acceptors (Lipinski definition) is 5. The maximum Gasteiger partial charge on any atom is 0.248 e. The Balaban J connectivity index is 1.71. The zero-order valence-electron chi connectivity index (χ0n) is 16.8. The highest BCUT2D eigenvalue weighted by atomic mass is 35.5. The molecule has 0 bridgehead atoms. The standard InChI is InChI=1S/C22H21ClN4O2S/c1-12(2)29-18-6-4-14(22(24)28)8-15(18)9-20-26-17(11-30-20)21-13(3)25-19-7-5-16(23)10-27(19)21/h4-8,10-12H,9H2,1-3H3,(H2,24,28). The summed E-state index contributed by atoms with van der Waals surface area (Å²) in [7, 11) is 0. The first kappa shape index (κ1) is 20.4. The summed E-state index contributed by atoms with van der Waals surface area (Å²) in [5.41, 5.74) is 10.2. The van der Waals surface area contributed by atoms with Crippen molar-refractivity contribution < 1.29 is 9.53 Å². The van der Waals surface area contributed by atoms with E-state index in [0.29, 0.717) is 17.0 Å². The molecule has 1 amide bonds. The minimum Gasteiger partial charge on any atom is -0.491 e. The Bertz CT molecular complexity index is 1250. The molecule has 0 unspecified atom stereocenters. The second-order valence-electron chi connectivity index (χ2n) is 7.28. The number of carbonyl (C=O) groups excluding carboxylic acids is 1. The molecule has 0 atom stereocenters. The summed E-state index contributed by atoms with van der Waals surface area (Å²) in [5, 5.41) is 3.54. The third-order valence-electron chi connectivity index (χ3n) is 4.60. The summed E-state index contributed by atoms with van der Waals surface area (Å²) in [5.74, 6) is 0.259. The lowest BCUT2D eigenvalue weighted by atomic mass is 10.1. The Morgan fingerprint density at radius 3 is 2.80 bits per heavy atom. The number of ether oxygens (including phenoxy) is 1. The first-order valence-corrected chi connectivity index (χ1v) is 10.8. The number of fused-ring (bicyclic) bond motifs is 1. The van der Waals surface area contributed by atoms with Crippen molar-refractivity contribution in [3.05, 3.63) is 68.8 Å². The molecule has 0 fully saturated rings. The second kappa shape index (κ2) is 8.08. The van der Waals surface area contributed by atoms with Gasteiger partial charge in [0.1, 0.15) is 17.1 Å². The van der Waals surface area contributed by atoms with Gasteiger partial charge in [0.05, 0.1) is 27.5 Å². The first-order valence-electron chi connectivity index (χ1n) is 9.50. The molecule has 0 spiro atoms. The smallest absolute Gasteiger partial charge is 0.248 e. The number of pyridine rings is 1. The van der Waals surface area contributed by atoms with Crippen LogP contribution in [-0.2, 0) is 6.42 Å². The SMILES string of the molecule is Cc1nc2ccc(Cl)cn2c1-c1csc(Cc2cc(C(N)=O)ccc2OC(C)C)n1. The molecule has 3 aromatic heterocycles. The predicted octanol–water partition coefficient (Wildman–Crippen LogP) is 4.90. The predicted molar refractivity (Wildman–Crippen MR) is 120 cm³/mol. The lowest BCUT2D eigenvalue weighted by Gasteiger charge is -2.14. The molecule has 0 aliphatic rings. The van der Waals surface area contributed by atoms with E-state index in [2.05, 4.69) is 4.98 Å². The normalized spacial score (nSPS) is 11.4. The molecule has 0 saturated heterocycles. The molecule has 6 nitrogen and oxygen atoms in total. The van der Waals surface area contributed by atoms with Gasteiger partial charge in [0.25, 0.3) is 0 Å². The quantitative estimate of drug-likeness (QED) is 0.462. The van der Waals surface area contributed by atoms with Gasteiger partial charge >= 0.3 is 0 Å². The molecular weight excluding hydrogens is 420 g/mol. The number of halogens is 1. The van der Waals surface area contributed by atoms with Crippen LogP contribution in [0.4, 0.5) is 0 Å². The van der Waals surface area contributed by atoms with E-state index in [4.69, 9.17) is 27.1 Å². The summed E-state index contributed by atoms with van der Waals surface area (Å²) >= 11 is 7.73. The second-order valence-corrected chi connectivity index (χ2v) is 8.66. The van der Waals surface area contributed by atoms with Crippen LogP contribution in [-0.4, -0.2) is 26.4 Å². The van der Waals surface area contributed by atoms with Gasteiger partial charge in [0.15, 0.2) is 0 Å². The minimum absolute atomic E-state index is 0.0144. The molecule has 0 aliphatic heterocycles. The first-order chi connectivity index (χ1) is 14.3. The highest BCUT2D eigenvalue weighted by Gasteiger charge is 2.17. The van der Waals surface area contributed by atoms with E-state index >= 15 is 0 Å². The molecule has 0 radical (unpaired) electrons. The van der Waals surface area contributed by atoms with Gasteiger partial charge in [-0.1, -0.05) is 11.6 Å². The third kappa shape index (κ3) is 4.04. The molecule has 1 aromatic carbocycles. The van der Waals surface area contributed by atoms with E-state index in [1.807, 2.05) is 48.9 Å². The van der Waals surface area contributed by atoms with Crippen LogP contribution in [0.15, 0.2) is 41.9 Å². The Labute approximate surface area is 183 Å². The van der Waals surface area contributed by atoms with Crippen LogP contribution >= 0.6 is 22.9 Å². The van der Waals surface area contributed by atoms with Gasteiger partial charge < -0.3 is 10.5 Å². The van der Waals surface area contributed by atoms with Crippen LogP contribution < -0.4 is 10.5 Å². The number of thiazole rings is 1. The number of nitrogens with two attached hydrogens (primary N) is 1. The number of rotatable bonds is 6. The number of nitrogens with zero attached hydrogens (tertiary/aromatic N) is 3. The van der Waals surface area contributed by atoms with Crippen molar-refractivity contribution in [2.75, 3.05) is 0 Å². The van der Waals surface area contributed by atoms with Gasteiger partial charge in [-0.25, -0.2) is 9.97 Å². The number of aryl methyl sites for hydroxylation is 1. The topological polar surface area (TPSA) is 82.5 Å². The fraction of sp³-hybridized carbons (Fsp3) is 0.227. The van der Waals surface area contributed by atoms with Gasteiger partial charge in [-0.3, -0.25) is 9.20 Å². The molecule has 8 heteroatoms. The lowest BCUT2D eigenvalue weighted by molar-refractivity contribution is 0.1000. The molecule has 3 heterocycles. The Hall–Kier alpha value is -2.90. The average Bonchev–Trinajstić information content (AvgIpc) is 3.25. The van der Waals surface area contributed by atoms with Crippen molar-refractivity contribution in [3.63, 3.8) is 0 Å². The van der Waals surface area contributed by atoms with Crippen molar-refractivity contribution in [2.24, 2.45) is 5.73 Å². The van der Waals surface area contributed by atoms with Crippen molar-refractivity contribution in [3.8, 4) is 17.1 Å². The molecule has 4 aromatic rings. The zero-order chi connectivity index (χ0) is 21.4. The van der Waals surface area contributed by atoms with Gasteiger partial charge in [0.2, 0.25) is 5.91 Å². The van der Waals surface area contributed by atoms with Crippen LogP contribution in [0.25, 0.3) is 17.0 Å². The van der Waals surface area contributed by atoms with E-state index in [1.165, 1.54) is 0 Å². The third-order valence-corrected chi connectivity index (χ3v) is 5.67. The molecule has 30 heavy (non-hydrogen) atoms. The van der Waals surface area contributed by atoms with Crippen LogP contribution in [0.2, 0.25) is 5.02 Å². The van der Waals surface area contributed by atoms with Crippen LogP contribution in [0, 0.1) is 6.92 Å². The zero-order valence-corrected chi connectivity index (χ0v) is 18.4. The van der Waals surface area contributed by atoms with Crippen molar-refractivity contribution in [2.45, 2.75) is 33.3 Å². The van der Waals surface area contributed by atoms with E-state index < -0.39 is 5.91 Å². The van der Waals surface area contributed by atoms with Gasteiger partial charge in [0, 0.05) is 29.1 Å². The number of imidazole rings is 1. The van der Waals surface area contributed by atoms with Gasteiger partial charge in [-0.15, -0.1) is 11.3 Å². The average molecular weight is 441 g/mol. The monoisotopic (exact) mass is 440 g/mol. The minimum atomic E-state index is -0.467. The highest BCUT2D eigenvalue weighted by molar-refractivity contribution is 7.10.